The Kier molecular flexibility index (Phi) is 3.01. The van der Waals surface area contributed by atoms with Crippen molar-refractivity contribution in [2.75, 3.05) is 27.2 Å². The Morgan fingerprint density at radius 2 is 2.17 bits per heavy atom. The summed E-state index contributed by atoms with van der Waals surface area (Å²) in [6.07, 6.45) is 0.601. The molecular formula is C8H16F2N2. The largest absolute Gasteiger partial charge is 0.308 e. The summed E-state index contributed by atoms with van der Waals surface area (Å²) in [5.41, 5.74) is 0. The number of piperidine rings is 1. The molecule has 0 bridgehead atoms. The van der Waals surface area contributed by atoms with Crippen LogP contribution in [0.3, 0.4) is 0 Å². The van der Waals surface area contributed by atoms with Crippen molar-refractivity contribution in [3.63, 3.8) is 0 Å². The van der Waals surface area contributed by atoms with Crippen molar-refractivity contribution >= 4 is 0 Å². The maximum atomic E-state index is 12.6. The molecule has 1 aliphatic rings. The zero-order valence-electron chi connectivity index (χ0n) is 7.61. The van der Waals surface area contributed by atoms with Gasteiger partial charge >= 0.3 is 0 Å². The van der Waals surface area contributed by atoms with Crippen molar-refractivity contribution in [1.29, 1.82) is 0 Å². The van der Waals surface area contributed by atoms with Crippen LogP contribution in [0, 0.1) is 0 Å². The van der Waals surface area contributed by atoms with E-state index in [0.717, 1.165) is 6.54 Å². The molecule has 1 heterocycles. The van der Waals surface area contributed by atoms with Crippen LogP contribution in [-0.2, 0) is 0 Å². The summed E-state index contributed by atoms with van der Waals surface area (Å²) in [4.78, 5) is 2.02. The second-order valence-electron chi connectivity index (χ2n) is 3.73. The highest BCUT2D eigenvalue weighted by atomic mass is 19.3. The molecule has 1 aliphatic heterocycles. The summed E-state index contributed by atoms with van der Waals surface area (Å²) in [5.74, 6) is -2.48. The smallest absolute Gasteiger partial charge is 0.260 e. The van der Waals surface area contributed by atoms with E-state index in [4.69, 9.17) is 0 Å². The van der Waals surface area contributed by atoms with Crippen LogP contribution >= 0.6 is 0 Å². The van der Waals surface area contributed by atoms with Crippen LogP contribution < -0.4 is 5.32 Å². The lowest BCUT2D eigenvalue weighted by atomic mass is 10.0. The molecule has 0 spiro atoms. The lowest BCUT2D eigenvalue weighted by Crippen LogP contribution is -2.49. The summed E-state index contributed by atoms with van der Waals surface area (Å²) in [6, 6.07) is 0.236. The monoisotopic (exact) mass is 178 g/mol. The van der Waals surface area contributed by atoms with Gasteiger partial charge in [0.1, 0.15) is 0 Å². The van der Waals surface area contributed by atoms with Gasteiger partial charge in [-0.1, -0.05) is 0 Å². The highest BCUT2D eigenvalue weighted by Gasteiger charge is 2.34. The molecule has 0 aromatic rings. The Hall–Kier alpha value is -0.220. The van der Waals surface area contributed by atoms with E-state index in [-0.39, 0.29) is 19.0 Å². The number of hydrogen-bond donors (Lipinski definition) is 1. The van der Waals surface area contributed by atoms with Gasteiger partial charge in [-0.2, -0.15) is 0 Å². The predicted octanol–water partition coefficient (Wildman–Crippen LogP) is 0.935. The van der Waals surface area contributed by atoms with E-state index in [1.54, 1.807) is 0 Å². The van der Waals surface area contributed by atoms with Crippen LogP contribution in [-0.4, -0.2) is 44.0 Å². The normalized spacial score (nSPS) is 29.2. The fourth-order valence-electron chi connectivity index (χ4n) is 1.47. The topological polar surface area (TPSA) is 15.3 Å². The van der Waals surface area contributed by atoms with Crippen LogP contribution in [0.1, 0.15) is 12.8 Å². The van der Waals surface area contributed by atoms with Crippen molar-refractivity contribution in [3.8, 4) is 0 Å². The summed E-state index contributed by atoms with van der Waals surface area (Å²) >= 11 is 0. The zero-order valence-corrected chi connectivity index (χ0v) is 7.61. The van der Waals surface area contributed by atoms with Gasteiger partial charge in [-0.3, -0.25) is 0 Å². The molecule has 1 saturated heterocycles. The second-order valence-corrected chi connectivity index (χ2v) is 3.73. The van der Waals surface area contributed by atoms with Gasteiger partial charge in [-0.25, -0.2) is 8.78 Å². The van der Waals surface area contributed by atoms with E-state index in [2.05, 4.69) is 5.32 Å². The number of nitrogens with one attached hydrogen (secondary N) is 1. The maximum absolute atomic E-state index is 12.6. The van der Waals surface area contributed by atoms with E-state index < -0.39 is 5.92 Å². The third-order valence-electron chi connectivity index (χ3n) is 2.09. The van der Waals surface area contributed by atoms with E-state index >= 15 is 0 Å². The van der Waals surface area contributed by atoms with E-state index in [1.165, 1.54) is 0 Å². The highest BCUT2D eigenvalue weighted by molar-refractivity contribution is 4.83. The fourth-order valence-corrected chi connectivity index (χ4v) is 1.47. The van der Waals surface area contributed by atoms with E-state index in [0.29, 0.717) is 6.42 Å². The van der Waals surface area contributed by atoms with Gasteiger partial charge < -0.3 is 10.2 Å². The molecule has 72 valence electrons. The summed E-state index contributed by atoms with van der Waals surface area (Å²) < 4.78 is 25.3. The summed E-state index contributed by atoms with van der Waals surface area (Å²) in [5, 5.41) is 2.85. The molecule has 12 heavy (non-hydrogen) atoms. The Morgan fingerprint density at radius 3 is 2.58 bits per heavy atom. The Balaban J connectivity index is 2.27. The quantitative estimate of drug-likeness (QED) is 0.677. The number of nitrogens with zero attached hydrogens (tertiary/aromatic N) is 1. The number of likely N-dealkylation sites (N-methyl/N-ethyl adjacent to an activating group) is 1. The molecule has 0 amide bonds. The predicted molar refractivity (Wildman–Crippen MR) is 44.5 cm³/mol. The van der Waals surface area contributed by atoms with E-state index in [9.17, 15) is 8.78 Å². The Bertz CT molecular complexity index is 138. The molecule has 4 heteroatoms. The first kappa shape index (κ1) is 9.86. The van der Waals surface area contributed by atoms with Gasteiger partial charge in [0.25, 0.3) is 5.92 Å². The van der Waals surface area contributed by atoms with Crippen molar-refractivity contribution in [1.82, 2.24) is 10.2 Å². The number of alkyl halides is 2. The standard InChI is InChI=1S/C8H16F2N2/c1-12(2)5-7-3-4-8(9,10)6-11-7/h7,11H,3-6H2,1-2H3. The molecule has 1 fully saturated rings. The molecule has 1 N–H and O–H groups in total. The molecule has 0 aromatic carbocycles. The van der Waals surface area contributed by atoms with Crippen molar-refractivity contribution < 1.29 is 8.78 Å². The molecule has 1 rings (SSSR count). The Labute approximate surface area is 71.9 Å². The van der Waals surface area contributed by atoms with Crippen LogP contribution in [0.2, 0.25) is 0 Å². The van der Waals surface area contributed by atoms with Crippen molar-refractivity contribution in [2.45, 2.75) is 24.8 Å². The number of hydrogen-bond acceptors (Lipinski definition) is 2. The molecule has 0 aromatic heterocycles. The van der Waals surface area contributed by atoms with Crippen LogP contribution in [0.15, 0.2) is 0 Å². The zero-order chi connectivity index (χ0) is 9.19. The first-order valence-corrected chi connectivity index (χ1v) is 4.25. The average Bonchev–Trinajstić information content (AvgIpc) is 1.93. The number of halogens is 2. The molecule has 1 atom stereocenters. The third-order valence-corrected chi connectivity index (χ3v) is 2.09. The van der Waals surface area contributed by atoms with Crippen LogP contribution in [0.25, 0.3) is 0 Å². The molecule has 0 radical (unpaired) electrons. The lowest BCUT2D eigenvalue weighted by Gasteiger charge is -2.31. The average molecular weight is 178 g/mol. The Morgan fingerprint density at radius 1 is 1.50 bits per heavy atom. The molecule has 2 nitrogen and oxygen atoms in total. The summed E-state index contributed by atoms with van der Waals surface area (Å²) in [6.45, 7) is 0.682. The highest BCUT2D eigenvalue weighted by Crippen LogP contribution is 2.24. The van der Waals surface area contributed by atoms with Gasteiger partial charge in [-0.15, -0.1) is 0 Å². The van der Waals surface area contributed by atoms with Gasteiger partial charge in [0.05, 0.1) is 6.54 Å². The van der Waals surface area contributed by atoms with Crippen LogP contribution in [0.5, 0.6) is 0 Å². The first-order valence-electron chi connectivity index (χ1n) is 4.25. The molecule has 0 saturated carbocycles. The van der Waals surface area contributed by atoms with Crippen LogP contribution in [0.4, 0.5) is 8.78 Å². The fraction of sp³-hybridized carbons (Fsp3) is 1.00. The van der Waals surface area contributed by atoms with Gasteiger partial charge in [0, 0.05) is 19.0 Å². The van der Waals surface area contributed by atoms with Crippen molar-refractivity contribution in [2.24, 2.45) is 0 Å². The maximum Gasteiger partial charge on any atom is 0.260 e. The SMILES string of the molecule is CN(C)CC1CCC(F)(F)CN1. The minimum absolute atomic E-state index is 0.0263. The third kappa shape index (κ3) is 3.03. The minimum Gasteiger partial charge on any atom is -0.308 e. The second kappa shape index (κ2) is 3.66. The molecule has 1 unspecified atom stereocenters. The van der Waals surface area contributed by atoms with Gasteiger partial charge in [-0.05, 0) is 20.5 Å². The molecular weight excluding hydrogens is 162 g/mol. The number of rotatable bonds is 2. The van der Waals surface area contributed by atoms with Crippen molar-refractivity contribution in [3.05, 3.63) is 0 Å². The summed E-state index contributed by atoms with van der Waals surface area (Å²) in [7, 11) is 3.91. The molecule has 0 aliphatic carbocycles. The minimum atomic E-state index is -2.48. The van der Waals surface area contributed by atoms with Gasteiger partial charge in [0.2, 0.25) is 0 Å². The van der Waals surface area contributed by atoms with E-state index in [1.807, 2.05) is 19.0 Å². The first-order chi connectivity index (χ1) is 5.49. The lowest BCUT2D eigenvalue weighted by molar-refractivity contribution is -0.0317. The van der Waals surface area contributed by atoms with Gasteiger partial charge in [0.15, 0.2) is 0 Å².